The zero-order valence-electron chi connectivity index (χ0n) is 23.4. The number of aliphatic hydroxyl groups excluding tert-OH is 2. The Morgan fingerprint density at radius 3 is 2.37 bits per heavy atom. The number of hydrogen-bond donors (Lipinski definition) is 4. The topological polar surface area (TPSA) is 135 Å². The predicted molar refractivity (Wildman–Crippen MR) is 155 cm³/mol. The van der Waals surface area contributed by atoms with Gasteiger partial charge in [-0.05, 0) is 73.4 Å². The molecule has 2 aromatic carbocycles. The number of carbonyl (C=O) groups excluding carboxylic acids is 2. The Labute approximate surface area is 240 Å². The van der Waals surface area contributed by atoms with Crippen molar-refractivity contribution in [3.05, 3.63) is 76.9 Å². The smallest absolute Gasteiger partial charge is 0.303 e. The van der Waals surface area contributed by atoms with E-state index in [4.69, 9.17) is 5.11 Å². The van der Waals surface area contributed by atoms with E-state index in [1.54, 1.807) is 12.1 Å². The van der Waals surface area contributed by atoms with Gasteiger partial charge in [0.05, 0.1) is 24.5 Å². The number of imide groups is 1. The van der Waals surface area contributed by atoms with Crippen LogP contribution in [-0.2, 0) is 14.4 Å². The second-order valence-corrected chi connectivity index (χ2v) is 11.1. The quantitative estimate of drug-likeness (QED) is 0.121. The van der Waals surface area contributed by atoms with Crippen molar-refractivity contribution in [1.29, 1.82) is 0 Å². The van der Waals surface area contributed by atoms with Crippen LogP contribution in [0.3, 0.4) is 0 Å². The van der Waals surface area contributed by atoms with Crippen LogP contribution in [0.1, 0.15) is 63.0 Å². The molecule has 0 spiro atoms. The number of benzene rings is 2. The van der Waals surface area contributed by atoms with E-state index >= 15 is 0 Å². The summed E-state index contributed by atoms with van der Waals surface area (Å²) in [4.78, 5) is 38.6. The van der Waals surface area contributed by atoms with Gasteiger partial charge in [0.25, 0.3) is 0 Å². The first-order valence-electron chi connectivity index (χ1n) is 14.3. The second-order valence-electron chi connectivity index (χ2n) is 11.1. The Morgan fingerprint density at radius 1 is 1.00 bits per heavy atom. The molecule has 1 aliphatic heterocycles. The number of hydrogen-bond acceptors (Lipinski definition) is 6. The lowest BCUT2D eigenvalue weighted by atomic mass is 9.68. The summed E-state index contributed by atoms with van der Waals surface area (Å²) >= 11 is 0. The molecule has 4 rings (SSSR count). The fourth-order valence-electron chi connectivity index (χ4n) is 6.30. The van der Waals surface area contributed by atoms with Crippen molar-refractivity contribution in [2.75, 3.05) is 13.2 Å². The third-order valence-electron chi connectivity index (χ3n) is 8.31. The molecule has 4 N–H and O–H groups in total. The van der Waals surface area contributed by atoms with Crippen LogP contribution < -0.4 is 0 Å². The van der Waals surface area contributed by atoms with Crippen molar-refractivity contribution in [2.24, 2.45) is 17.8 Å². The van der Waals surface area contributed by atoms with Gasteiger partial charge in [-0.25, -0.2) is 0 Å². The Hall–Kier alpha value is -3.75. The number of carboxylic acid groups (broad SMARTS) is 1. The van der Waals surface area contributed by atoms with E-state index in [1.807, 2.05) is 55.5 Å². The van der Waals surface area contributed by atoms with E-state index < -0.39 is 29.8 Å². The molecule has 8 heteroatoms. The van der Waals surface area contributed by atoms with E-state index in [1.165, 1.54) is 4.90 Å². The van der Waals surface area contributed by atoms with Gasteiger partial charge < -0.3 is 20.4 Å². The molecule has 4 atom stereocenters. The molecule has 2 amide bonds. The highest BCUT2D eigenvalue weighted by molar-refractivity contribution is 6.05. The zero-order chi connectivity index (χ0) is 29.5. The number of aliphatic hydroxyl groups is 2. The molecular weight excluding hydrogens is 522 g/mol. The molecule has 8 nitrogen and oxygen atoms in total. The molecule has 218 valence electrons. The summed E-state index contributed by atoms with van der Waals surface area (Å²) in [7, 11) is 0. The molecule has 1 saturated heterocycles. The molecule has 2 aromatic rings. The number of allylic oxidation sites excluding steroid dienone is 2. The number of amides is 2. The van der Waals surface area contributed by atoms with Gasteiger partial charge in [-0.15, -0.1) is 0 Å². The number of aliphatic carboxylic acids is 1. The molecule has 41 heavy (non-hydrogen) atoms. The summed E-state index contributed by atoms with van der Waals surface area (Å²) in [5.74, 6) is -3.14. The molecule has 0 unspecified atom stereocenters. The van der Waals surface area contributed by atoms with Gasteiger partial charge in [0.1, 0.15) is 5.75 Å². The Balaban J connectivity index is 1.48. The van der Waals surface area contributed by atoms with Crippen molar-refractivity contribution in [2.45, 2.75) is 58.0 Å². The number of carboxylic acids is 1. The van der Waals surface area contributed by atoms with Gasteiger partial charge in [0.15, 0.2) is 0 Å². The van der Waals surface area contributed by atoms with Crippen LogP contribution in [0.2, 0.25) is 0 Å². The van der Waals surface area contributed by atoms with Gasteiger partial charge in [-0.1, -0.05) is 60.5 Å². The monoisotopic (exact) mass is 561 g/mol. The lowest BCUT2D eigenvalue weighted by molar-refractivity contribution is -0.141. The normalized spacial score (nSPS) is 21.8. The minimum atomic E-state index is -0.895. The minimum Gasteiger partial charge on any atom is -0.508 e. The summed E-state index contributed by atoms with van der Waals surface area (Å²) in [5.41, 5.74) is 4.42. The second kappa shape index (κ2) is 13.7. The lowest BCUT2D eigenvalue weighted by Gasteiger charge is -2.35. The van der Waals surface area contributed by atoms with Crippen LogP contribution in [0.15, 0.2) is 65.7 Å². The summed E-state index contributed by atoms with van der Waals surface area (Å²) in [6.45, 7) is 1.77. The molecule has 1 heterocycles. The number of carbonyl (C=O) groups is 3. The molecule has 0 aromatic heterocycles. The van der Waals surface area contributed by atoms with E-state index in [2.05, 4.69) is 0 Å². The van der Waals surface area contributed by atoms with Gasteiger partial charge in [-0.2, -0.15) is 0 Å². The maximum absolute atomic E-state index is 13.4. The molecular formula is C33H39NO7. The maximum atomic E-state index is 13.4. The minimum absolute atomic E-state index is 0.0558. The lowest BCUT2D eigenvalue weighted by Crippen LogP contribution is -2.38. The van der Waals surface area contributed by atoms with Gasteiger partial charge in [-0.3, -0.25) is 19.3 Å². The molecule has 0 saturated carbocycles. The highest BCUT2D eigenvalue weighted by atomic mass is 16.4. The van der Waals surface area contributed by atoms with Crippen molar-refractivity contribution in [1.82, 2.24) is 4.90 Å². The number of likely N-dealkylation sites (tertiary alicyclic amines) is 1. The van der Waals surface area contributed by atoms with Crippen molar-refractivity contribution in [3.63, 3.8) is 0 Å². The summed E-state index contributed by atoms with van der Waals surface area (Å²) in [6.07, 6.45) is 4.07. The number of phenolic OH excluding ortho intramolecular Hbond substituents is 1. The van der Waals surface area contributed by atoms with Crippen LogP contribution in [-0.4, -0.2) is 62.4 Å². The third kappa shape index (κ3) is 7.13. The van der Waals surface area contributed by atoms with Crippen LogP contribution >= 0.6 is 0 Å². The average molecular weight is 562 g/mol. The van der Waals surface area contributed by atoms with Crippen molar-refractivity contribution >= 4 is 29.4 Å². The zero-order valence-corrected chi connectivity index (χ0v) is 23.4. The fraction of sp³-hybridized carbons (Fsp3) is 0.424. The summed E-state index contributed by atoms with van der Waals surface area (Å²) in [5, 5.41) is 40.3. The molecule has 0 bridgehead atoms. The van der Waals surface area contributed by atoms with E-state index in [-0.39, 0.29) is 37.1 Å². The average Bonchev–Trinajstić information content (AvgIpc) is 3.19. The van der Waals surface area contributed by atoms with Gasteiger partial charge >= 0.3 is 5.97 Å². The number of fused-ring (bicyclic) bond motifs is 1. The van der Waals surface area contributed by atoms with Crippen molar-refractivity contribution < 1.29 is 34.8 Å². The van der Waals surface area contributed by atoms with Crippen LogP contribution in [0.25, 0.3) is 11.6 Å². The number of unbranched alkanes of at least 4 members (excludes halogenated alkanes) is 2. The van der Waals surface area contributed by atoms with E-state index in [0.29, 0.717) is 44.1 Å². The Morgan fingerprint density at radius 2 is 1.71 bits per heavy atom. The third-order valence-corrected chi connectivity index (χ3v) is 8.31. The highest BCUT2D eigenvalue weighted by Crippen LogP contribution is 2.46. The van der Waals surface area contributed by atoms with Crippen LogP contribution in [0, 0.1) is 17.8 Å². The Bertz CT molecular complexity index is 1300. The summed E-state index contributed by atoms with van der Waals surface area (Å²) in [6, 6.07) is 16.7. The first-order chi connectivity index (χ1) is 19.7. The predicted octanol–water partition coefficient (Wildman–Crippen LogP) is 4.65. The van der Waals surface area contributed by atoms with E-state index in [9.17, 15) is 29.7 Å². The van der Waals surface area contributed by atoms with Crippen LogP contribution in [0.4, 0.5) is 0 Å². The number of nitrogens with zero attached hydrogens (tertiary/aromatic N) is 1. The SMILES string of the molecule is CC1=C([C@H](O)CC/C(=C/c2ccc(O)cc2)c2ccccc2)[C@H](CO)[C@@H]2C(=O)N(CCCCCC(=O)O)C(=O)[C@@H]2C1. The molecule has 1 fully saturated rings. The maximum Gasteiger partial charge on any atom is 0.303 e. The van der Waals surface area contributed by atoms with Gasteiger partial charge in [0.2, 0.25) is 11.8 Å². The van der Waals surface area contributed by atoms with Crippen LogP contribution in [0.5, 0.6) is 5.75 Å². The number of aromatic hydroxyl groups is 1. The largest absolute Gasteiger partial charge is 0.508 e. The first-order valence-corrected chi connectivity index (χ1v) is 14.3. The standard InChI is InChI=1S/C33H39NO7/c1-21-18-26-31(33(41)34(32(26)40)17-7-3-6-10-29(38)39)27(20-35)30(21)28(37)16-13-24(23-8-4-2-5-9-23)19-22-11-14-25(36)15-12-22/h2,4-5,8-9,11-12,14-15,19,26-28,31,35-37H,3,6-7,10,13,16-18,20H2,1H3,(H,38,39)/b24-19-/t26-,27+,28-,31-/m1/s1. The summed E-state index contributed by atoms with van der Waals surface area (Å²) < 4.78 is 0. The highest BCUT2D eigenvalue weighted by Gasteiger charge is 2.54. The first kappa shape index (κ1) is 30.2. The number of phenols is 1. The van der Waals surface area contributed by atoms with Crippen molar-refractivity contribution in [3.8, 4) is 5.75 Å². The van der Waals surface area contributed by atoms with Gasteiger partial charge in [0, 0.05) is 18.9 Å². The molecule has 1 aliphatic carbocycles. The molecule has 0 radical (unpaired) electrons. The van der Waals surface area contributed by atoms with E-state index in [0.717, 1.165) is 22.3 Å². The molecule has 2 aliphatic rings. The number of rotatable bonds is 13. The Kier molecular flexibility index (Phi) is 10.1. The fourth-order valence-corrected chi connectivity index (χ4v) is 6.30.